The molecule has 80 valence electrons. The van der Waals surface area contributed by atoms with Gasteiger partial charge in [0.25, 0.3) is 0 Å². The minimum absolute atomic E-state index is 0.0383. The number of rotatable bonds is 3. The molecule has 3 N–H and O–H groups in total. The Labute approximate surface area is 85.9 Å². The molecule has 1 aliphatic rings. The number of nitrogens with two attached hydrogens (primary N) is 1. The number of nitro groups is 1. The van der Waals surface area contributed by atoms with E-state index >= 15 is 0 Å². The normalized spacial score (nSPS) is 23.5. The lowest BCUT2D eigenvalue weighted by molar-refractivity contribution is -0.384. The first kappa shape index (κ1) is 9.63. The van der Waals surface area contributed by atoms with E-state index in [-0.39, 0.29) is 23.5 Å². The van der Waals surface area contributed by atoms with Crippen LogP contribution in [0.15, 0.2) is 6.20 Å². The van der Waals surface area contributed by atoms with E-state index in [0.29, 0.717) is 5.92 Å². The summed E-state index contributed by atoms with van der Waals surface area (Å²) in [7, 11) is 0. The first-order chi connectivity index (χ1) is 7.08. The van der Waals surface area contributed by atoms with E-state index in [1.807, 2.05) is 0 Å². The maximum atomic E-state index is 10.7. The van der Waals surface area contributed by atoms with Gasteiger partial charge in [-0.2, -0.15) is 4.98 Å². The van der Waals surface area contributed by atoms with Crippen LogP contribution >= 0.6 is 0 Å². The molecule has 1 heterocycles. The van der Waals surface area contributed by atoms with Crippen LogP contribution in [0.3, 0.4) is 0 Å². The molecule has 2 rings (SSSR count). The van der Waals surface area contributed by atoms with Crippen molar-refractivity contribution in [3.8, 4) is 0 Å². The van der Waals surface area contributed by atoms with Crippen LogP contribution in [-0.2, 0) is 0 Å². The van der Waals surface area contributed by atoms with E-state index in [4.69, 9.17) is 5.73 Å². The second-order valence-electron chi connectivity index (χ2n) is 3.68. The Hall–Kier alpha value is -1.92. The summed E-state index contributed by atoms with van der Waals surface area (Å²) < 4.78 is 0. The molecule has 1 saturated carbocycles. The molecule has 15 heavy (non-hydrogen) atoms. The van der Waals surface area contributed by atoms with Crippen molar-refractivity contribution >= 4 is 17.5 Å². The SMILES string of the molecule is CC1CC1Nc1nc(N)ncc1[N+](=O)[O-]. The maximum absolute atomic E-state index is 10.7. The van der Waals surface area contributed by atoms with Crippen molar-refractivity contribution in [1.29, 1.82) is 0 Å². The second-order valence-corrected chi connectivity index (χ2v) is 3.68. The van der Waals surface area contributed by atoms with Crippen LogP contribution in [0.1, 0.15) is 13.3 Å². The molecule has 2 atom stereocenters. The molecular formula is C8H11N5O2. The van der Waals surface area contributed by atoms with Crippen molar-refractivity contribution in [2.75, 3.05) is 11.1 Å². The van der Waals surface area contributed by atoms with Gasteiger partial charge in [-0.25, -0.2) is 4.98 Å². The third-order valence-corrected chi connectivity index (χ3v) is 2.42. The molecule has 0 amide bonds. The Morgan fingerprint density at radius 1 is 1.73 bits per heavy atom. The van der Waals surface area contributed by atoms with Crippen molar-refractivity contribution in [3.63, 3.8) is 0 Å². The molecule has 1 aromatic rings. The van der Waals surface area contributed by atoms with Gasteiger partial charge in [-0.05, 0) is 12.3 Å². The van der Waals surface area contributed by atoms with Gasteiger partial charge in [0.1, 0.15) is 6.20 Å². The molecule has 0 spiro atoms. The molecular weight excluding hydrogens is 198 g/mol. The van der Waals surface area contributed by atoms with Gasteiger partial charge in [0.15, 0.2) is 0 Å². The lowest BCUT2D eigenvalue weighted by Gasteiger charge is -2.04. The van der Waals surface area contributed by atoms with Crippen molar-refractivity contribution in [2.45, 2.75) is 19.4 Å². The fourth-order valence-electron chi connectivity index (χ4n) is 1.33. The van der Waals surface area contributed by atoms with E-state index in [1.165, 1.54) is 0 Å². The van der Waals surface area contributed by atoms with E-state index in [9.17, 15) is 10.1 Å². The summed E-state index contributed by atoms with van der Waals surface area (Å²) in [6.07, 6.45) is 2.12. The van der Waals surface area contributed by atoms with Crippen molar-refractivity contribution in [2.24, 2.45) is 5.92 Å². The second kappa shape index (κ2) is 3.34. The highest BCUT2D eigenvalue weighted by Crippen LogP contribution is 2.34. The fraction of sp³-hybridized carbons (Fsp3) is 0.500. The van der Waals surface area contributed by atoms with Crippen LogP contribution in [0.4, 0.5) is 17.5 Å². The summed E-state index contributed by atoms with van der Waals surface area (Å²) >= 11 is 0. The Morgan fingerprint density at radius 2 is 2.40 bits per heavy atom. The molecule has 0 aliphatic heterocycles. The molecule has 7 nitrogen and oxygen atoms in total. The predicted octanol–water partition coefficient (Wildman–Crippen LogP) is 0.787. The lowest BCUT2D eigenvalue weighted by Crippen LogP contribution is -2.10. The highest BCUT2D eigenvalue weighted by atomic mass is 16.6. The summed E-state index contributed by atoms with van der Waals surface area (Å²) in [5.41, 5.74) is 5.24. The number of aromatic nitrogens is 2. The number of nitrogens with zero attached hydrogens (tertiary/aromatic N) is 3. The lowest BCUT2D eigenvalue weighted by atomic mass is 10.4. The Balaban J connectivity index is 2.26. The van der Waals surface area contributed by atoms with Crippen molar-refractivity contribution in [1.82, 2.24) is 9.97 Å². The van der Waals surface area contributed by atoms with Gasteiger partial charge in [-0.3, -0.25) is 10.1 Å². The predicted molar refractivity (Wildman–Crippen MR) is 54.3 cm³/mol. The van der Waals surface area contributed by atoms with Crippen LogP contribution in [0.25, 0.3) is 0 Å². The van der Waals surface area contributed by atoms with Crippen LogP contribution in [0, 0.1) is 16.0 Å². The molecule has 1 aromatic heterocycles. The highest BCUT2D eigenvalue weighted by molar-refractivity contribution is 5.57. The summed E-state index contributed by atoms with van der Waals surface area (Å²) in [6.45, 7) is 2.06. The van der Waals surface area contributed by atoms with E-state index in [1.54, 1.807) is 0 Å². The quantitative estimate of drug-likeness (QED) is 0.562. The Kier molecular flexibility index (Phi) is 2.14. The fourth-order valence-corrected chi connectivity index (χ4v) is 1.33. The first-order valence-electron chi connectivity index (χ1n) is 4.61. The minimum atomic E-state index is -0.519. The smallest absolute Gasteiger partial charge is 0.329 e. The van der Waals surface area contributed by atoms with Gasteiger partial charge in [0.05, 0.1) is 4.92 Å². The molecule has 1 aliphatic carbocycles. The van der Waals surface area contributed by atoms with Gasteiger partial charge in [-0.1, -0.05) is 6.92 Å². The average Bonchev–Trinajstić information content (AvgIpc) is 2.81. The van der Waals surface area contributed by atoms with E-state index in [2.05, 4.69) is 22.2 Å². The molecule has 7 heteroatoms. The Bertz CT molecular complexity index is 408. The molecule has 0 bridgehead atoms. The third kappa shape index (κ3) is 1.95. The van der Waals surface area contributed by atoms with Crippen LogP contribution in [-0.4, -0.2) is 20.9 Å². The minimum Gasteiger partial charge on any atom is -0.368 e. The summed E-state index contributed by atoms with van der Waals surface area (Å²) in [5, 5.41) is 13.6. The van der Waals surface area contributed by atoms with Crippen molar-refractivity contribution < 1.29 is 4.92 Å². The molecule has 0 radical (unpaired) electrons. The van der Waals surface area contributed by atoms with Gasteiger partial charge in [-0.15, -0.1) is 0 Å². The van der Waals surface area contributed by atoms with Crippen molar-refractivity contribution in [3.05, 3.63) is 16.3 Å². The highest BCUT2D eigenvalue weighted by Gasteiger charge is 2.34. The number of nitrogens with one attached hydrogen (secondary N) is 1. The summed E-state index contributed by atoms with van der Waals surface area (Å²) in [4.78, 5) is 17.6. The number of hydrogen-bond acceptors (Lipinski definition) is 6. The number of hydrogen-bond donors (Lipinski definition) is 2. The first-order valence-corrected chi connectivity index (χ1v) is 4.61. The maximum Gasteiger partial charge on any atom is 0.329 e. The average molecular weight is 209 g/mol. The molecule has 0 aromatic carbocycles. The van der Waals surface area contributed by atoms with Crippen LogP contribution in [0.2, 0.25) is 0 Å². The monoisotopic (exact) mass is 209 g/mol. The summed E-state index contributed by atoms with van der Waals surface area (Å²) in [6, 6.07) is 0.262. The zero-order valence-electron chi connectivity index (χ0n) is 8.17. The van der Waals surface area contributed by atoms with Gasteiger partial charge < -0.3 is 11.1 Å². The molecule has 2 unspecified atom stereocenters. The number of nitrogen functional groups attached to an aromatic ring is 1. The van der Waals surface area contributed by atoms with Gasteiger partial charge in [0.2, 0.25) is 11.8 Å². The van der Waals surface area contributed by atoms with Gasteiger partial charge >= 0.3 is 5.69 Å². The van der Waals surface area contributed by atoms with E-state index in [0.717, 1.165) is 12.6 Å². The van der Waals surface area contributed by atoms with Crippen LogP contribution in [0.5, 0.6) is 0 Å². The van der Waals surface area contributed by atoms with Gasteiger partial charge in [0, 0.05) is 6.04 Å². The summed E-state index contributed by atoms with van der Waals surface area (Å²) in [5.74, 6) is 0.777. The third-order valence-electron chi connectivity index (χ3n) is 2.42. The zero-order valence-corrected chi connectivity index (χ0v) is 8.17. The molecule has 1 fully saturated rings. The molecule has 0 saturated heterocycles. The largest absolute Gasteiger partial charge is 0.368 e. The Morgan fingerprint density at radius 3 is 2.93 bits per heavy atom. The standard InChI is InChI=1S/C8H11N5O2/c1-4-2-5(4)11-7-6(13(14)15)3-10-8(9)12-7/h3-5H,2H2,1H3,(H3,9,10,11,12). The van der Waals surface area contributed by atoms with E-state index < -0.39 is 4.92 Å². The topological polar surface area (TPSA) is 107 Å². The number of anilines is 2. The zero-order chi connectivity index (χ0) is 11.0. The van der Waals surface area contributed by atoms with Crippen LogP contribution < -0.4 is 11.1 Å².